The molecule has 0 saturated heterocycles. The van der Waals surface area contributed by atoms with Crippen molar-refractivity contribution in [1.29, 1.82) is 0 Å². The van der Waals surface area contributed by atoms with E-state index in [0.29, 0.717) is 5.06 Å². The molecule has 16 heavy (non-hydrogen) atoms. The van der Waals surface area contributed by atoms with Crippen molar-refractivity contribution < 1.29 is 10.0 Å². The third kappa shape index (κ3) is 5.47. The second-order valence-electron chi connectivity index (χ2n) is 5.32. The van der Waals surface area contributed by atoms with E-state index in [0.717, 1.165) is 25.8 Å². The van der Waals surface area contributed by atoms with Crippen LogP contribution in [0.25, 0.3) is 0 Å². The minimum Gasteiger partial charge on any atom is -0.305 e. The molecule has 0 aliphatic carbocycles. The molecule has 1 unspecified atom stereocenters. The summed E-state index contributed by atoms with van der Waals surface area (Å²) >= 11 is 0. The number of unbranched alkanes of at least 4 members (excludes halogenated alkanes) is 2. The SMILES string of the molecule is CCCCCNC(C(=O)N(C)O)C(C)(C)C. The van der Waals surface area contributed by atoms with E-state index < -0.39 is 0 Å². The average Bonchev–Trinajstić information content (AvgIpc) is 2.14. The molecule has 2 N–H and O–H groups in total. The summed E-state index contributed by atoms with van der Waals surface area (Å²) in [5.74, 6) is -0.274. The van der Waals surface area contributed by atoms with Crippen LogP contribution in [0, 0.1) is 5.41 Å². The first kappa shape index (κ1) is 15.4. The second-order valence-corrected chi connectivity index (χ2v) is 5.32. The van der Waals surface area contributed by atoms with Crippen LogP contribution in [0.2, 0.25) is 0 Å². The van der Waals surface area contributed by atoms with Crippen molar-refractivity contribution in [1.82, 2.24) is 10.4 Å². The number of hydrogen-bond acceptors (Lipinski definition) is 3. The second kappa shape index (κ2) is 6.86. The number of amides is 1. The molecule has 1 amide bonds. The topological polar surface area (TPSA) is 52.6 Å². The lowest BCUT2D eigenvalue weighted by Crippen LogP contribution is -2.51. The van der Waals surface area contributed by atoms with Crippen LogP contribution in [0.5, 0.6) is 0 Å². The molecule has 0 aromatic rings. The van der Waals surface area contributed by atoms with Crippen molar-refractivity contribution in [3.63, 3.8) is 0 Å². The fourth-order valence-corrected chi connectivity index (χ4v) is 1.57. The lowest BCUT2D eigenvalue weighted by molar-refractivity contribution is -0.164. The maximum atomic E-state index is 11.8. The Morgan fingerprint density at radius 2 is 1.94 bits per heavy atom. The van der Waals surface area contributed by atoms with Crippen molar-refractivity contribution in [3.8, 4) is 0 Å². The standard InChI is InChI=1S/C12H26N2O2/c1-6-7-8-9-13-10(12(2,3)4)11(15)14(5)16/h10,13,16H,6-9H2,1-5H3. The van der Waals surface area contributed by atoms with E-state index >= 15 is 0 Å². The predicted molar refractivity (Wildman–Crippen MR) is 65.3 cm³/mol. The molecule has 0 bridgehead atoms. The van der Waals surface area contributed by atoms with Gasteiger partial charge in [-0.1, -0.05) is 40.5 Å². The Morgan fingerprint density at radius 1 is 1.38 bits per heavy atom. The van der Waals surface area contributed by atoms with Gasteiger partial charge in [0.05, 0.1) is 6.04 Å². The first-order valence-electron chi connectivity index (χ1n) is 6.00. The summed E-state index contributed by atoms with van der Waals surface area (Å²) in [6.45, 7) is 8.94. The van der Waals surface area contributed by atoms with Gasteiger partial charge in [0.2, 0.25) is 0 Å². The van der Waals surface area contributed by atoms with Crippen molar-refractivity contribution in [2.24, 2.45) is 5.41 Å². The van der Waals surface area contributed by atoms with Gasteiger partial charge in [-0.15, -0.1) is 0 Å². The van der Waals surface area contributed by atoms with E-state index in [9.17, 15) is 10.0 Å². The lowest BCUT2D eigenvalue weighted by atomic mass is 9.86. The lowest BCUT2D eigenvalue weighted by Gasteiger charge is -2.31. The smallest absolute Gasteiger partial charge is 0.263 e. The number of rotatable bonds is 6. The monoisotopic (exact) mass is 230 g/mol. The number of carbonyl (C=O) groups is 1. The molecule has 0 rings (SSSR count). The van der Waals surface area contributed by atoms with Crippen LogP contribution in [0.1, 0.15) is 47.0 Å². The summed E-state index contributed by atoms with van der Waals surface area (Å²) in [5, 5.41) is 13.1. The third-order valence-corrected chi connectivity index (χ3v) is 2.56. The molecular formula is C12H26N2O2. The van der Waals surface area contributed by atoms with E-state index in [2.05, 4.69) is 12.2 Å². The number of nitrogens with one attached hydrogen (secondary N) is 1. The molecule has 0 aromatic heterocycles. The molecule has 0 saturated carbocycles. The summed E-state index contributed by atoms with van der Waals surface area (Å²) < 4.78 is 0. The molecule has 1 atom stereocenters. The fraction of sp³-hybridized carbons (Fsp3) is 0.917. The highest BCUT2D eigenvalue weighted by Gasteiger charge is 2.32. The molecule has 0 heterocycles. The predicted octanol–water partition coefficient (Wildman–Crippen LogP) is 2.03. The quantitative estimate of drug-likeness (QED) is 0.417. The molecule has 0 spiro atoms. The van der Waals surface area contributed by atoms with E-state index in [1.165, 1.54) is 7.05 Å². The summed E-state index contributed by atoms with van der Waals surface area (Å²) in [6, 6.07) is -0.334. The van der Waals surface area contributed by atoms with Crippen molar-refractivity contribution in [2.45, 2.75) is 53.0 Å². The Balaban J connectivity index is 4.29. The minimum absolute atomic E-state index is 0.194. The van der Waals surface area contributed by atoms with E-state index in [4.69, 9.17) is 0 Å². The first-order valence-corrected chi connectivity index (χ1v) is 6.00. The van der Waals surface area contributed by atoms with Crippen LogP contribution in [-0.2, 0) is 4.79 Å². The zero-order chi connectivity index (χ0) is 12.8. The fourth-order valence-electron chi connectivity index (χ4n) is 1.57. The summed E-state index contributed by atoms with van der Waals surface area (Å²) in [5.41, 5.74) is -0.194. The van der Waals surface area contributed by atoms with Crippen LogP contribution in [0.4, 0.5) is 0 Å². The maximum absolute atomic E-state index is 11.8. The van der Waals surface area contributed by atoms with Gasteiger partial charge >= 0.3 is 0 Å². The number of likely N-dealkylation sites (N-methyl/N-ethyl adjacent to an activating group) is 1. The van der Waals surface area contributed by atoms with Gasteiger partial charge in [-0.2, -0.15) is 0 Å². The summed E-state index contributed by atoms with van der Waals surface area (Å²) in [7, 11) is 1.37. The summed E-state index contributed by atoms with van der Waals surface area (Å²) in [4.78, 5) is 11.8. The normalized spacial score (nSPS) is 13.6. The van der Waals surface area contributed by atoms with Gasteiger partial charge in [-0.05, 0) is 18.4 Å². The van der Waals surface area contributed by atoms with Gasteiger partial charge in [0.25, 0.3) is 5.91 Å². The number of hydroxylamine groups is 2. The van der Waals surface area contributed by atoms with Gasteiger partial charge in [-0.25, -0.2) is 5.06 Å². The van der Waals surface area contributed by atoms with Crippen LogP contribution in [0.3, 0.4) is 0 Å². The van der Waals surface area contributed by atoms with Gasteiger partial charge in [0.1, 0.15) is 0 Å². The van der Waals surface area contributed by atoms with Crippen molar-refractivity contribution in [2.75, 3.05) is 13.6 Å². The van der Waals surface area contributed by atoms with Gasteiger partial charge in [0.15, 0.2) is 0 Å². The molecule has 0 aliphatic rings. The molecule has 0 radical (unpaired) electrons. The molecule has 96 valence electrons. The Bertz CT molecular complexity index is 210. The Hall–Kier alpha value is -0.610. The van der Waals surface area contributed by atoms with Crippen molar-refractivity contribution in [3.05, 3.63) is 0 Å². The highest BCUT2D eigenvalue weighted by Crippen LogP contribution is 2.20. The van der Waals surface area contributed by atoms with E-state index in [1.54, 1.807) is 0 Å². The third-order valence-electron chi connectivity index (χ3n) is 2.56. The average molecular weight is 230 g/mol. The molecule has 0 fully saturated rings. The maximum Gasteiger partial charge on any atom is 0.263 e. The molecule has 4 nitrogen and oxygen atoms in total. The number of carbonyl (C=O) groups excluding carboxylic acids is 1. The molecule has 0 aliphatic heterocycles. The first-order chi connectivity index (χ1) is 7.30. The highest BCUT2D eigenvalue weighted by atomic mass is 16.5. The molecule has 4 heteroatoms. The zero-order valence-electron chi connectivity index (χ0n) is 11.2. The molecular weight excluding hydrogens is 204 g/mol. The van der Waals surface area contributed by atoms with Gasteiger partial charge in [0, 0.05) is 7.05 Å². The largest absolute Gasteiger partial charge is 0.305 e. The molecule has 0 aromatic carbocycles. The van der Waals surface area contributed by atoms with E-state index in [1.807, 2.05) is 20.8 Å². The number of nitrogens with zero attached hydrogens (tertiary/aromatic N) is 1. The van der Waals surface area contributed by atoms with E-state index in [-0.39, 0.29) is 17.4 Å². The minimum atomic E-state index is -0.334. The van der Waals surface area contributed by atoms with Crippen LogP contribution < -0.4 is 5.32 Å². The number of hydrogen-bond donors (Lipinski definition) is 2. The van der Waals surface area contributed by atoms with Crippen LogP contribution in [0.15, 0.2) is 0 Å². The highest BCUT2D eigenvalue weighted by molar-refractivity contribution is 5.81. The van der Waals surface area contributed by atoms with Crippen molar-refractivity contribution >= 4 is 5.91 Å². The van der Waals surface area contributed by atoms with Crippen LogP contribution in [-0.4, -0.2) is 35.8 Å². The van der Waals surface area contributed by atoms with Gasteiger partial charge < -0.3 is 5.32 Å². The Morgan fingerprint density at radius 3 is 2.31 bits per heavy atom. The Kier molecular flexibility index (Phi) is 6.60. The summed E-state index contributed by atoms with van der Waals surface area (Å²) in [6.07, 6.45) is 3.38. The zero-order valence-corrected chi connectivity index (χ0v) is 11.2. The van der Waals surface area contributed by atoms with Gasteiger partial charge in [-0.3, -0.25) is 10.0 Å². The van der Waals surface area contributed by atoms with Crippen LogP contribution >= 0.6 is 0 Å². The Labute approximate surface area is 99.0 Å².